The van der Waals surface area contributed by atoms with Crippen LogP contribution in [-0.2, 0) is 25.6 Å². The summed E-state index contributed by atoms with van der Waals surface area (Å²) in [6.07, 6.45) is 1.22. The number of halogens is 1. The highest BCUT2D eigenvalue weighted by molar-refractivity contribution is 7.86. The molecule has 2 aromatic heterocycles. The molecule has 1 amide bonds. The van der Waals surface area contributed by atoms with Crippen LogP contribution in [-0.4, -0.2) is 49.1 Å². The summed E-state index contributed by atoms with van der Waals surface area (Å²) in [7, 11) is -3.83. The van der Waals surface area contributed by atoms with Crippen molar-refractivity contribution in [1.29, 1.82) is 0 Å². The Balaban J connectivity index is 1.39. The van der Waals surface area contributed by atoms with Gasteiger partial charge >= 0.3 is 0 Å². The molecule has 1 saturated heterocycles. The molecule has 5 rings (SSSR count). The van der Waals surface area contributed by atoms with E-state index in [0.717, 1.165) is 40.6 Å². The van der Waals surface area contributed by atoms with Crippen molar-refractivity contribution in [3.63, 3.8) is 0 Å². The molecule has 0 bridgehead atoms. The molecule has 4 aromatic rings. The first-order chi connectivity index (χ1) is 17.7. The second kappa shape index (κ2) is 10.3. The van der Waals surface area contributed by atoms with Crippen molar-refractivity contribution < 1.29 is 21.8 Å². The lowest BCUT2D eigenvalue weighted by Gasteiger charge is -2.21. The molecule has 0 radical (unpaired) electrons. The summed E-state index contributed by atoms with van der Waals surface area (Å²) < 4.78 is 36.6. The summed E-state index contributed by atoms with van der Waals surface area (Å²) in [5, 5.41) is 11.8. The van der Waals surface area contributed by atoms with Crippen LogP contribution in [0.3, 0.4) is 0 Å². The molecule has 2 N–H and O–H groups in total. The number of nitrogens with zero attached hydrogens (tertiary/aromatic N) is 2. The number of carbonyl (C=O) groups excluding carboxylic acids is 1. The molecular weight excluding hydrogens is 516 g/mol. The SMILES string of the molecule is Cc1cc(NC(=O)C(OS(C)(=O)=O)C2CCCN2)nn1Cc1cc(Cl)cc2cc(-c3ccccc3)oc12. The number of aromatic nitrogens is 2. The Morgan fingerprint density at radius 1 is 1.27 bits per heavy atom. The number of carbonyl (C=O) groups is 1. The highest BCUT2D eigenvalue weighted by Gasteiger charge is 2.34. The Kier molecular flexibility index (Phi) is 7.09. The van der Waals surface area contributed by atoms with E-state index in [-0.39, 0.29) is 0 Å². The number of fused-ring (bicyclic) bond motifs is 1. The molecular formula is C26H27ClN4O5S. The largest absolute Gasteiger partial charge is 0.456 e. The summed E-state index contributed by atoms with van der Waals surface area (Å²) >= 11 is 6.41. The molecule has 0 spiro atoms. The van der Waals surface area contributed by atoms with E-state index in [9.17, 15) is 13.2 Å². The normalized spacial score (nSPS) is 16.8. The van der Waals surface area contributed by atoms with Gasteiger partial charge in [-0.3, -0.25) is 13.7 Å². The van der Waals surface area contributed by atoms with Gasteiger partial charge in [-0.2, -0.15) is 13.5 Å². The molecule has 2 atom stereocenters. The summed E-state index contributed by atoms with van der Waals surface area (Å²) in [4.78, 5) is 13.0. The van der Waals surface area contributed by atoms with Crippen molar-refractivity contribution in [3.8, 4) is 11.3 Å². The number of rotatable bonds is 8. The third-order valence-electron chi connectivity index (χ3n) is 6.27. The molecule has 194 valence electrons. The third kappa shape index (κ3) is 5.88. The Morgan fingerprint density at radius 2 is 2.05 bits per heavy atom. The number of aryl methyl sites for hydroxylation is 1. The van der Waals surface area contributed by atoms with Crippen LogP contribution in [0, 0.1) is 6.92 Å². The number of hydrogen-bond donors (Lipinski definition) is 2. The number of hydrogen-bond acceptors (Lipinski definition) is 7. The van der Waals surface area contributed by atoms with Crippen LogP contribution in [0.25, 0.3) is 22.3 Å². The molecule has 1 fully saturated rings. The second-order valence-corrected chi connectivity index (χ2v) is 11.2. The van der Waals surface area contributed by atoms with Gasteiger partial charge in [0.05, 0.1) is 12.8 Å². The molecule has 3 heterocycles. The van der Waals surface area contributed by atoms with Crippen molar-refractivity contribution in [2.24, 2.45) is 0 Å². The summed E-state index contributed by atoms with van der Waals surface area (Å²) in [5.41, 5.74) is 3.29. The molecule has 1 aliphatic rings. The maximum Gasteiger partial charge on any atom is 0.265 e. The van der Waals surface area contributed by atoms with E-state index in [0.29, 0.717) is 35.9 Å². The molecule has 37 heavy (non-hydrogen) atoms. The zero-order chi connectivity index (χ0) is 26.2. The van der Waals surface area contributed by atoms with Crippen molar-refractivity contribution >= 4 is 44.4 Å². The number of nitrogens with one attached hydrogen (secondary N) is 2. The van der Waals surface area contributed by atoms with Crippen LogP contribution in [0.5, 0.6) is 0 Å². The third-order valence-corrected chi connectivity index (χ3v) is 7.04. The van der Waals surface area contributed by atoms with Crippen LogP contribution < -0.4 is 10.6 Å². The van der Waals surface area contributed by atoms with Gasteiger partial charge in [0.15, 0.2) is 11.9 Å². The number of furan rings is 1. The number of benzene rings is 2. The van der Waals surface area contributed by atoms with Gasteiger partial charge in [0.25, 0.3) is 16.0 Å². The predicted octanol–water partition coefficient (Wildman–Crippen LogP) is 4.34. The molecule has 11 heteroatoms. The van der Waals surface area contributed by atoms with E-state index in [4.69, 9.17) is 20.2 Å². The average Bonchev–Trinajstić information content (AvgIpc) is 3.58. The minimum Gasteiger partial charge on any atom is -0.456 e. The van der Waals surface area contributed by atoms with Crippen molar-refractivity contribution in [2.45, 2.75) is 38.5 Å². The van der Waals surface area contributed by atoms with E-state index in [1.54, 1.807) is 10.7 Å². The zero-order valence-electron chi connectivity index (χ0n) is 20.4. The molecule has 1 aliphatic heterocycles. The number of anilines is 1. The highest BCUT2D eigenvalue weighted by atomic mass is 35.5. The Bertz CT molecular complexity index is 1540. The van der Waals surface area contributed by atoms with Crippen LogP contribution >= 0.6 is 11.6 Å². The van der Waals surface area contributed by atoms with E-state index >= 15 is 0 Å². The number of amides is 1. The second-order valence-electron chi connectivity index (χ2n) is 9.20. The maximum atomic E-state index is 13.0. The van der Waals surface area contributed by atoms with Crippen molar-refractivity contribution in [2.75, 3.05) is 18.1 Å². The smallest absolute Gasteiger partial charge is 0.265 e. The fourth-order valence-corrected chi connectivity index (χ4v) is 5.44. The van der Waals surface area contributed by atoms with Gasteiger partial charge in [0.2, 0.25) is 0 Å². The van der Waals surface area contributed by atoms with E-state index in [1.165, 1.54) is 0 Å². The lowest BCUT2D eigenvalue weighted by molar-refractivity contribution is -0.123. The molecule has 2 aromatic carbocycles. The Morgan fingerprint density at radius 3 is 2.76 bits per heavy atom. The molecule has 0 aliphatic carbocycles. The lowest BCUT2D eigenvalue weighted by atomic mass is 10.1. The van der Waals surface area contributed by atoms with Crippen molar-refractivity contribution in [3.05, 3.63) is 70.9 Å². The Hall–Kier alpha value is -3.18. The molecule has 2 unspecified atom stereocenters. The van der Waals surface area contributed by atoms with Gasteiger partial charge in [0, 0.05) is 39.3 Å². The predicted molar refractivity (Wildman–Crippen MR) is 142 cm³/mol. The van der Waals surface area contributed by atoms with Gasteiger partial charge in [-0.1, -0.05) is 41.9 Å². The summed E-state index contributed by atoms with van der Waals surface area (Å²) in [6.45, 7) is 2.92. The molecule has 0 saturated carbocycles. The van der Waals surface area contributed by atoms with Gasteiger partial charge in [-0.25, -0.2) is 0 Å². The summed E-state index contributed by atoms with van der Waals surface area (Å²) in [5.74, 6) is 0.463. The van der Waals surface area contributed by atoms with Crippen LogP contribution in [0.1, 0.15) is 24.1 Å². The standard InChI is InChI=1S/C26H27ClN4O5S/c1-16-11-23(29-26(32)25(36-37(2,33)34)21-9-6-10-28-21)30-31(16)15-19-13-20(27)12-18-14-22(35-24(18)19)17-7-4-3-5-8-17/h3-5,7-8,11-14,21,25,28H,6,9-10,15H2,1-2H3,(H,29,30,32). The van der Waals surface area contributed by atoms with E-state index in [2.05, 4.69) is 15.7 Å². The van der Waals surface area contributed by atoms with Gasteiger partial charge < -0.3 is 15.1 Å². The first-order valence-electron chi connectivity index (χ1n) is 11.9. The van der Waals surface area contributed by atoms with Gasteiger partial charge in [-0.15, -0.1) is 0 Å². The first-order valence-corrected chi connectivity index (χ1v) is 14.1. The van der Waals surface area contributed by atoms with Crippen LogP contribution in [0.15, 0.2) is 59.0 Å². The fourth-order valence-electron chi connectivity index (χ4n) is 4.59. The molecule has 9 nitrogen and oxygen atoms in total. The Labute approximate surface area is 219 Å². The fraction of sp³-hybridized carbons (Fsp3) is 0.308. The lowest BCUT2D eigenvalue weighted by Crippen LogP contribution is -2.46. The van der Waals surface area contributed by atoms with E-state index < -0.39 is 28.2 Å². The maximum absolute atomic E-state index is 13.0. The summed E-state index contributed by atoms with van der Waals surface area (Å²) in [6, 6.07) is 16.8. The van der Waals surface area contributed by atoms with Crippen LogP contribution in [0.4, 0.5) is 5.82 Å². The van der Waals surface area contributed by atoms with Crippen LogP contribution in [0.2, 0.25) is 5.02 Å². The quantitative estimate of drug-likeness (QED) is 0.318. The zero-order valence-corrected chi connectivity index (χ0v) is 22.0. The highest BCUT2D eigenvalue weighted by Crippen LogP contribution is 2.33. The minimum absolute atomic E-state index is 0.297. The van der Waals surface area contributed by atoms with Gasteiger partial charge in [0.1, 0.15) is 11.3 Å². The topological polar surface area (TPSA) is 115 Å². The van der Waals surface area contributed by atoms with Gasteiger partial charge in [-0.05, 0) is 44.5 Å². The van der Waals surface area contributed by atoms with E-state index in [1.807, 2.05) is 55.5 Å². The average molecular weight is 543 g/mol. The van der Waals surface area contributed by atoms with Crippen molar-refractivity contribution in [1.82, 2.24) is 15.1 Å². The monoisotopic (exact) mass is 542 g/mol. The minimum atomic E-state index is -3.83. The first kappa shape index (κ1) is 25.5.